The summed E-state index contributed by atoms with van der Waals surface area (Å²) in [4.78, 5) is 26.0. The van der Waals surface area contributed by atoms with E-state index in [0.29, 0.717) is 13.0 Å². The average molecular weight is 532 g/mol. The molecule has 7 nitrogen and oxygen atoms in total. The number of guanidine groups is 1. The first kappa shape index (κ1) is 23.1. The molecule has 2 heterocycles. The van der Waals surface area contributed by atoms with Crippen molar-refractivity contribution in [3.63, 3.8) is 0 Å². The minimum atomic E-state index is 0. The molecule has 0 aliphatic carbocycles. The predicted molar refractivity (Wildman–Crippen MR) is 136 cm³/mol. The SMILES string of the molecule is CN=C(NCCCc1nc2ccccc2[nH]1)NCc1ccc(N2CCCC2=O)cc1.I. The Morgan fingerprint density at radius 2 is 1.97 bits per heavy atom. The summed E-state index contributed by atoms with van der Waals surface area (Å²) in [5.74, 6) is 2.00. The van der Waals surface area contributed by atoms with Crippen LogP contribution in [0, 0.1) is 0 Å². The maximum absolute atomic E-state index is 11.9. The summed E-state index contributed by atoms with van der Waals surface area (Å²) in [6.07, 6.45) is 3.44. The summed E-state index contributed by atoms with van der Waals surface area (Å²) in [6, 6.07) is 16.2. The van der Waals surface area contributed by atoms with Gasteiger partial charge in [0.25, 0.3) is 0 Å². The van der Waals surface area contributed by atoms with Gasteiger partial charge in [-0.2, -0.15) is 0 Å². The first-order valence-electron chi connectivity index (χ1n) is 10.5. The number of aromatic nitrogens is 2. The molecular formula is C23H29IN6O. The van der Waals surface area contributed by atoms with Gasteiger partial charge in [-0.05, 0) is 42.7 Å². The smallest absolute Gasteiger partial charge is 0.227 e. The van der Waals surface area contributed by atoms with E-state index >= 15 is 0 Å². The van der Waals surface area contributed by atoms with Crippen molar-refractivity contribution >= 4 is 52.6 Å². The first-order chi connectivity index (χ1) is 14.7. The lowest BCUT2D eigenvalue weighted by atomic mass is 10.2. The van der Waals surface area contributed by atoms with Crippen LogP contribution in [0.15, 0.2) is 53.5 Å². The van der Waals surface area contributed by atoms with Crippen LogP contribution in [0.4, 0.5) is 5.69 Å². The number of hydrogen-bond donors (Lipinski definition) is 3. The number of nitrogens with zero attached hydrogens (tertiary/aromatic N) is 3. The van der Waals surface area contributed by atoms with E-state index in [-0.39, 0.29) is 29.9 Å². The van der Waals surface area contributed by atoms with Gasteiger partial charge in [0.1, 0.15) is 5.82 Å². The van der Waals surface area contributed by atoms with Crippen molar-refractivity contribution in [1.29, 1.82) is 0 Å². The van der Waals surface area contributed by atoms with Gasteiger partial charge >= 0.3 is 0 Å². The van der Waals surface area contributed by atoms with Crippen LogP contribution in [0.3, 0.4) is 0 Å². The Morgan fingerprint density at radius 1 is 1.16 bits per heavy atom. The lowest BCUT2D eigenvalue weighted by molar-refractivity contribution is -0.117. The van der Waals surface area contributed by atoms with Gasteiger partial charge in [0.05, 0.1) is 11.0 Å². The molecule has 1 aliphatic rings. The largest absolute Gasteiger partial charge is 0.356 e. The van der Waals surface area contributed by atoms with Gasteiger partial charge in [0.2, 0.25) is 5.91 Å². The highest BCUT2D eigenvalue weighted by molar-refractivity contribution is 14.0. The van der Waals surface area contributed by atoms with Crippen molar-refractivity contribution in [3.05, 3.63) is 59.9 Å². The Morgan fingerprint density at radius 3 is 2.68 bits per heavy atom. The van der Waals surface area contributed by atoms with E-state index in [2.05, 4.69) is 37.7 Å². The number of anilines is 1. The quantitative estimate of drug-likeness (QED) is 0.188. The highest BCUT2D eigenvalue weighted by Gasteiger charge is 2.21. The molecule has 0 saturated carbocycles. The third kappa shape index (κ3) is 5.96. The fourth-order valence-electron chi connectivity index (χ4n) is 3.71. The van der Waals surface area contributed by atoms with Crippen LogP contribution in [0.2, 0.25) is 0 Å². The lowest BCUT2D eigenvalue weighted by Crippen LogP contribution is -2.37. The van der Waals surface area contributed by atoms with Crippen LogP contribution in [0.5, 0.6) is 0 Å². The minimum Gasteiger partial charge on any atom is -0.356 e. The number of halogens is 1. The van der Waals surface area contributed by atoms with Crippen molar-refractivity contribution in [2.75, 3.05) is 25.0 Å². The van der Waals surface area contributed by atoms with Crippen molar-refractivity contribution in [2.45, 2.75) is 32.2 Å². The molecule has 1 aromatic heterocycles. The second-order valence-corrected chi connectivity index (χ2v) is 7.47. The zero-order chi connectivity index (χ0) is 20.8. The summed E-state index contributed by atoms with van der Waals surface area (Å²) < 4.78 is 0. The summed E-state index contributed by atoms with van der Waals surface area (Å²) in [5, 5.41) is 6.69. The maximum atomic E-state index is 11.9. The molecule has 1 saturated heterocycles. The molecule has 0 atom stereocenters. The van der Waals surface area contributed by atoms with Crippen molar-refractivity contribution in [1.82, 2.24) is 20.6 Å². The molecule has 0 spiro atoms. The fraction of sp³-hybridized carbons (Fsp3) is 0.348. The second kappa shape index (κ2) is 11.1. The van der Waals surface area contributed by atoms with Gasteiger partial charge in [-0.1, -0.05) is 24.3 Å². The minimum absolute atomic E-state index is 0. The molecule has 1 fully saturated rings. The van der Waals surface area contributed by atoms with Gasteiger partial charge in [0.15, 0.2) is 5.96 Å². The highest BCUT2D eigenvalue weighted by atomic mass is 127. The Balaban J connectivity index is 0.00000272. The second-order valence-electron chi connectivity index (χ2n) is 7.47. The number of amides is 1. The monoisotopic (exact) mass is 532 g/mol. The number of hydrogen-bond acceptors (Lipinski definition) is 3. The molecule has 4 rings (SSSR count). The van der Waals surface area contributed by atoms with Crippen LogP contribution in [-0.2, 0) is 17.8 Å². The number of carbonyl (C=O) groups excluding carboxylic acids is 1. The Labute approximate surface area is 199 Å². The third-order valence-corrected chi connectivity index (χ3v) is 5.33. The number of aryl methyl sites for hydroxylation is 1. The highest BCUT2D eigenvalue weighted by Crippen LogP contribution is 2.21. The van der Waals surface area contributed by atoms with Crippen LogP contribution >= 0.6 is 24.0 Å². The molecule has 0 bridgehead atoms. The first-order valence-corrected chi connectivity index (χ1v) is 10.5. The topological polar surface area (TPSA) is 85.4 Å². The molecule has 2 aromatic carbocycles. The van der Waals surface area contributed by atoms with Gasteiger partial charge in [-0.15, -0.1) is 24.0 Å². The zero-order valence-electron chi connectivity index (χ0n) is 17.7. The number of benzene rings is 2. The van der Waals surface area contributed by atoms with Gasteiger partial charge in [-0.25, -0.2) is 4.98 Å². The molecule has 164 valence electrons. The van der Waals surface area contributed by atoms with E-state index in [4.69, 9.17) is 0 Å². The molecule has 0 radical (unpaired) electrons. The van der Waals surface area contributed by atoms with Gasteiger partial charge in [0, 0.05) is 45.2 Å². The number of H-pyrrole nitrogens is 1. The molecule has 0 unspecified atom stereocenters. The van der Waals surface area contributed by atoms with E-state index in [0.717, 1.165) is 66.4 Å². The van der Waals surface area contributed by atoms with Crippen molar-refractivity contribution in [3.8, 4) is 0 Å². The Hall–Kier alpha value is -2.62. The number of carbonyl (C=O) groups is 1. The van der Waals surface area contributed by atoms with Crippen molar-refractivity contribution < 1.29 is 4.79 Å². The summed E-state index contributed by atoms with van der Waals surface area (Å²) >= 11 is 0. The number of rotatable bonds is 7. The predicted octanol–water partition coefficient (Wildman–Crippen LogP) is 3.61. The molecule has 31 heavy (non-hydrogen) atoms. The maximum Gasteiger partial charge on any atom is 0.227 e. The molecule has 1 aliphatic heterocycles. The summed E-state index contributed by atoms with van der Waals surface area (Å²) in [6.45, 7) is 2.31. The Kier molecular flexibility index (Phi) is 8.27. The number of nitrogens with one attached hydrogen (secondary N) is 3. The number of imidazole rings is 1. The van der Waals surface area contributed by atoms with Crippen LogP contribution in [0.1, 0.15) is 30.7 Å². The van der Waals surface area contributed by atoms with E-state index in [1.54, 1.807) is 7.05 Å². The molecule has 8 heteroatoms. The van der Waals surface area contributed by atoms with E-state index in [9.17, 15) is 4.79 Å². The normalized spacial score (nSPS) is 14.0. The lowest BCUT2D eigenvalue weighted by Gasteiger charge is -2.16. The van der Waals surface area contributed by atoms with Gasteiger partial charge < -0.3 is 20.5 Å². The Bertz CT molecular complexity index is 997. The number of para-hydroxylation sites is 2. The third-order valence-electron chi connectivity index (χ3n) is 5.33. The van der Waals surface area contributed by atoms with Crippen molar-refractivity contribution in [2.24, 2.45) is 4.99 Å². The van der Waals surface area contributed by atoms with Crippen LogP contribution in [0.25, 0.3) is 11.0 Å². The molecular weight excluding hydrogens is 503 g/mol. The number of fused-ring (bicyclic) bond motifs is 1. The molecule has 1 amide bonds. The van der Waals surface area contributed by atoms with Crippen LogP contribution < -0.4 is 15.5 Å². The number of aromatic amines is 1. The number of aliphatic imine (C=N–C) groups is 1. The molecule has 3 aromatic rings. The average Bonchev–Trinajstić information content (AvgIpc) is 3.39. The standard InChI is InChI=1S/C23H28N6O.HI/c1-24-23(25-14-4-8-21-27-19-6-2-3-7-20(19)28-21)26-16-17-10-12-18(13-11-17)29-15-5-9-22(29)30;/h2-3,6-7,10-13H,4-5,8-9,14-16H2,1H3,(H,27,28)(H2,24,25,26);1H. The van der Waals surface area contributed by atoms with E-state index in [1.807, 2.05) is 41.3 Å². The van der Waals surface area contributed by atoms with E-state index < -0.39 is 0 Å². The fourth-order valence-corrected chi connectivity index (χ4v) is 3.71. The van der Waals surface area contributed by atoms with Crippen LogP contribution in [-0.4, -0.2) is 42.0 Å². The van der Waals surface area contributed by atoms with Gasteiger partial charge in [-0.3, -0.25) is 9.79 Å². The zero-order valence-corrected chi connectivity index (χ0v) is 20.1. The summed E-state index contributed by atoms with van der Waals surface area (Å²) in [5.41, 5.74) is 4.22. The summed E-state index contributed by atoms with van der Waals surface area (Å²) in [7, 11) is 1.77. The van der Waals surface area contributed by atoms with E-state index in [1.165, 1.54) is 0 Å². The molecule has 3 N–H and O–H groups in total.